The molecule has 2 N–H and O–H groups in total. The fraction of sp³-hybridized carbons (Fsp3) is 0.400. The van der Waals surface area contributed by atoms with Crippen molar-refractivity contribution < 1.29 is 4.74 Å². The first-order valence-corrected chi connectivity index (χ1v) is 5.61. The van der Waals surface area contributed by atoms with Crippen LogP contribution in [0.25, 0.3) is 0 Å². The number of nitrogens with two attached hydrogens (primary N) is 1. The van der Waals surface area contributed by atoms with Gasteiger partial charge in [0, 0.05) is 42.5 Å². The Hall–Kier alpha value is -0.330. The van der Waals surface area contributed by atoms with E-state index in [1.54, 1.807) is 0 Å². The number of hydrogen-bond acceptors (Lipinski definition) is 3. The van der Waals surface area contributed by atoms with E-state index in [1.807, 2.05) is 6.07 Å². The van der Waals surface area contributed by atoms with Crippen LogP contribution in [0.5, 0.6) is 5.75 Å². The molecule has 0 aliphatic carbocycles. The molecule has 1 heterocycles. The molecule has 0 aromatic heterocycles. The molecule has 3 nitrogen and oxygen atoms in total. The summed E-state index contributed by atoms with van der Waals surface area (Å²) in [6.07, 6.45) is 0. The summed E-state index contributed by atoms with van der Waals surface area (Å²) in [5.41, 5.74) is 8.15. The van der Waals surface area contributed by atoms with E-state index in [1.165, 1.54) is 11.1 Å². The second-order valence-corrected chi connectivity index (χ2v) is 4.71. The van der Waals surface area contributed by atoms with Gasteiger partial charge in [0.2, 0.25) is 0 Å². The maximum absolute atomic E-state index is 5.47. The zero-order valence-corrected chi connectivity index (χ0v) is 10.0. The highest BCUT2D eigenvalue weighted by atomic mass is 127. The summed E-state index contributed by atoms with van der Waals surface area (Å²) in [4.78, 5) is 0. The zero-order chi connectivity index (χ0) is 9.97. The van der Waals surface area contributed by atoms with Gasteiger partial charge in [0.15, 0.2) is 0 Å². The first-order valence-electron chi connectivity index (χ1n) is 4.65. The molecule has 76 valence electrons. The molecule has 0 saturated carbocycles. The maximum Gasteiger partial charge on any atom is 0.119 e. The van der Waals surface area contributed by atoms with E-state index in [0.29, 0.717) is 13.2 Å². The highest BCUT2D eigenvalue weighted by Crippen LogP contribution is 2.28. The first-order chi connectivity index (χ1) is 6.79. The van der Waals surface area contributed by atoms with Gasteiger partial charge in [0.1, 0.15) is 12.4 Å². The Balaban J connectivity index is 2.12. The standard InChI is InChI=1S/C10H13IN2O/c11-13-6-8-1-2-10(14-4-3-12)5-9(8)7-13/h1-2,5H,3-4,6-7,12H2. The Labute approximate surface area is 97.7 Å². The van der Waals surface area contributed by atoms with Crippen molar-refractivity contribution in [3.63, 3.8) is 0 Å². The molecule has 1 aromatic rings. The van der Waals surface area contributed by atoms with Crippen molar-refractivity contribution >= 4 is 22.9 Å². The van der Waals surface area contributed by atoms with Crippen LogP contribution in [-0.2, 0) is 13.1 Å². The highest BCUT2D eigenvalue weighted by Gasteiger charge is 2.16. The second kappa shape index (κ2) is 4.46. The Kier molecular flexibility index (Phi) is 3.25. The molecule has 0 unspecified atom stereocenters. The number of rotatable bonds is 3. The smallest absolute Gasteiger partial charge is 0.119 e. The maximum atomic E-state index is 5.47. The van der Waals surface area contributed by atoms with Crippen LogP contribution < -0.4 is 10.5 Å². The van der Waals surface area contributed by atoms with Crippen molar-refractivity contribution in [2.45, 2.75) is 13.1 Å². The summed E-state index contributed by atoms with van der Waals surface area (Å²) < 4.78 is 7.73. The van der Waals surface area contributed by atoms with Crippen molar-refractivity contribution in [2.24, 2.45) is 5.73 Å². The lowest BCUT2D eigenvalue weighted by molar-refractivity contribution is 0.328. The van der Waals surface area contributed by atoms with Crippen LogP contribution in [0.2, 0.25) is 0 Å². The van der Waals surface area contributed by atoms with Crippen LogP contribution in [0.3, 0.4) is 0 Å². The molecule has 1 aliphatic rings. The lowest BCUT2D eigenvalue weighted by Crippen LogP contribution is -2.10. The molecule has 4 heteroatoms. The van der Waals surface area contributed by atoms with Crippen LogP contribution in [0, 0.1) is 0 Å². The van der Waals surface area contributed by atoms with Gasteiger partial charge in [-0.25, -0.2) is 3.11 Å². The number of halogens is 1. The van der Waals surface area contributed by atoms with Crippen LogP contribution in [0.15, 0.2) is 18.2 Å². The van der Waals surface area contributed by atoms with Gasteiger partial charge in [-0.3, -0.25) is 0 Å². The molecule has 1 aromatic carbocycles. The van der Waals surface area contributed by atoms with Crippen molar-refractivity contribution in [1.82, 2.24) is 3.11 Å². The fourth-order valence-corrected chi connectivity index (χ4v) is 2.33. The first kappa shape index (κ1) is 10.2. The van der Waals surface area contributed by atoms with Gasteiger partial charge >= 0.3 is 0 Å². The van der Waals surface area contributed by atoms with Crippen LogP contribution in [0.1, 0.15) is 11.1 Å². The predicted molar refractivity (Wildman–Crippen MR) is 64.3 cm³/mol. The van der Waals surface area contributed by atoms with E-state index >= 15 is 0 Å². The van der Waals surface area contributed by atoms with Gasteiger partial charge in [-0.2, -0.15) is 0 Å². The largest absolute Gasteiger partial charge is 0.492 e. The van der Waals surface area contributed by atoms with Gasteiger partial charge < -0.3 is 10.5 Å². The Morgan fingerprint density at radius 3 is 2.93 bits per heavy atom. The molecule has 0 amide bonds. The van der Waals surface area contributed by atoms with Crippen molar-refractivity contribution in [1.29, 1.82) is 0 Å². The molecule has 0 fully saturated rings. The van der Waals surface area contributed by atoms with Gasteiger partial charge in [0.25, 0.3) is 0 Å². The third-order valence-electron chi connectivity index (χ3n) is 2.25. The Morgan fingerprint density at radius 1 is 1.36 bits per heavy atom. The average Bonchev–Trinajstić information content (AvgIpc) is 2.54. The van der Waals surface area contributed by atoms with Crippen LogP contribution in [0.4, 0.5) is 0 Å². The molecule has 1 aliphatic heterocycles. The van der Waals surface area contributed by atoms with Crippen molar-refractivity contribution in [3.8, 4) is 5.75 Å². The summed E-state index contributed by atoms with van der Waals surface area (Å²) in [6, 6.07) is 6.27. The Morgan fingerprint density at radius 2 is 2.14 bits per heavy atom. The second-order valence-electron chi connectivity index (χ2n) is 3.35. The van der Waals surface area contributed by atoms with Gasteiger partial charge in [-0.1, -0.05) is 6.07 Å². The fourth-order valence-electron chi connectivity index (χ4n) is 1.60. The Bertz CT molecular complexity index is 330. The van der Waals surface area contributed by atoms with Crippen molar-refractivity contribution in [3.05, 3.63) is 29.3 Å². The molecular formula is C10H13IN2O. The molecule has 0 bridgehead atoms. The number of hydrogen-bond donors (Lipinski definition) is 1. The molecule has 14 heavy (non-hydrogen) atoms. The highest BCUT2D eigenvalue weighted by molar-refractivity contribution is 14.1. The van der Waals surface area contributed by atoms with E-state index in [-0.39, 0.29) is 0 Å². The van der Waals surface area contributed by atoms with Gasteiger partial charge in [0.05, 0.1) is 0 Å². The van der Waals surface area contributed by atoms with E-state index in [9.17, 15) is 0 Å². The summed E-state index contributed by atoms with van der Waals surface area (Å²) in [5.74, 6) is 0.931. The number of ether oxygens (including phenoxy) is 1. The molecular weight excluding hydrogens is 291 g/mol. The lowest BCUT2D eigenvalue weighted by atomic mass is 10.1. The minimum Gasteiger partial charge on any atom is -0.492 e. The summed E-state index contributed by atoms with van der Waals surface area (Å²) in [5, 5.41) is 0. The number of benzene rings is 1. The van der Waals surface area contributed by atoms with E-state index in [4.69, 9.17) is 10.5 Å². The summed E-state index contributed by atoms with van der Waals surface area (Å²) in [7, 11) is 0. The minimum atomic E-state index is 0.565. The molecule has 0 radical (unpaired) electrons. The van der Waals surface area contributed by atoms with E-state index < -0.39 is 0 Å². The topological polar surface area (TPSA) is 38.5 Å². The summed E-state index contributed by atoms with van der Waals surface area (Å²) in [6.45, 7) is 3.20. The third kappa shape index (κ3) is 2.18. The van der Waals surface area contributed by atoms with Crippen molar-refractivity contribution in [2.75, 3.05) is 13.2 Å². The van der Waals surface area contributed by atoms with E-state index in [2.05, 4.69) is 38.1 Å². The quantitative estimate of drug-likeness (QED) is 0.682. The average molecular weight is 304 g/mol. The third-order valence-corrected chi connectivity index (χ3v) is 2.93. The van der Waals surface area contributed by atoms with Crippen LogP contribution >= 0.6 is 22.9 Å². The molecule has 0 saturated heterocycles. The lowest BCUT2D eigenvalue weighted by Gasteiger charge is -2.05. The van der Waals surface area contributed by atoms with E-state index in [0.717, 1.165) is 18.8 Å². The molecule has 2 rings (SSSR count). The zero-order valence-electron chi connectivity index (χ0n) is 7.87. The normalized spacial score (nSPS) is 15.6. The number of fused-ring (bicyclic) bond motifs is 1. The van der Waals surface area contributed by atoms with Gasteiger partial charge in [-0.05, 0) is 23.3 Å². The summed E-state index contributed by atoms with van der Waals surface area (Å²) >= 11 is 2.34. The van der Waals surface area contributed by atoms with Gasteiger partial charge in [-0.15, -0.1) is 0 Å². The molecule has 0 spiro atoms. The predicted octanol–water partition coefficient (Wildman–Crippen LogP) is 1.69. The van der Waals surface area contributed by atoms with Crippen LogP contribution in [-0.4, -0.2) is 16.3 Å². The minimum absolute atomic E-state index is 0.565. The monoisotopic (exact) mass is 304 g/mol. The number of nitrogens with zero attached hydrogens (tertiary/aromatic N) is 1. The molecule has 0 atom stereocenters. The SMILES string of the molecule is NCCOc1ccc2c(c1)CN(I)C2.